The Morgan fingerprint density at radius 1 is 1.26 bits per heavy atom. The summed E-state index contributed by atoms with van der Waals surface area (Å²) in [5.74, 6) is 0. The molecule has 1 aromatic carbocycles. The summed E-state index contributed by atoms with van der Waals surface area (Å²) in [6.07, 6.45) is -0.201. The van der Waals surface area contributed by atoms with Crippen LogP contribution in [0.4, 0.5) is 4.79 Å². The Labute approximate surface area is 140 Å². The Hall–Kier alpha value is -1.86. The smallest absolute Gasteiger partial charge is 0.410 e. The van der Waals surface area contributed by atoms with Gasteiger partial charge in [0.25, 0.3) is 0 Å². The van der Waals surface area contributed by atoms with E-state index in [1.807, 2.05) is 26.1 Å². The summed E-state index contributed by atoms with van der Waals surface area (Å²) in [6.45, 7) is 6.36. The van der Waals surface area contributed by atoms with Crippen LogP contribution in [-0.2, 0) is 18.5 Å². The van der Waals surface area contributed by atoms with Gasteiger partial charge in [0.15, 0.2) is 11.4 Å². The van der Waals surface area contributed by atoms with Crippen LogP contribution in [0.1, 0.15) is 6.92 Å². The summed E-state index contributed by atoms with van der Waals surface area (Å²) in [4.78, 5) is 15.0. The maximum atomic E-state index is 11.8. The van der Waals surface area contributed by atoms with Gasteiger partial charge in [0.2, 0.25) is 0 Å². The van der Waals surface area contributed by atoms with Gasteiger partial charge in [-0.05, 0) is 31.3 Å². The fourth-order valence-electron chi connectivity index (χ4n) is 3.12. The Morgan fingerprint density at radius 3 is 2.57 bits per heavy atom. The molecule has 3 rings (SSSR count). The number of hydrogen-bond acceptors (Lipinski definition) is 3. The second kappa shape index (κ2) is 6.72. The van der Waals surface area contributed by atoms with Gasteiger partial charge < -0.3 is 14.2 Å². The molecule has 1 saturated heterocycles. The summed E-state index contributed by atoms with van der Waals surface area (Å²) < 4.78 is 10.2. The molecule has 1 amide bonds. The second-order valence-corrected chi connectivity index (χ2v) is 6.22. The molecule has 1 aliphatic heterocycles. The molecule has 0 atom stereocenters. The van der Waals surface area contributed by atoms with Crippen molar-refractivity contribution in [3.05, 3.63) is 29.0 Å². The molecule has 2 aromatic rings. The minimum absolute atomic E-state index is 0.201. The van der Waals surface area contributed by atoms with Crippen LogP contribution < -0.4 is 4.90 Å². The number of amides is 1. The molecule has 7 heteroatoms. The summed E-state index contributed by atoms with van der Waals surface area (Å²) >= 11 is 5.59. The number of nitrogens with zero attached hydrogens (tertiary/aromatic N) is 3. The highest BCUT2D eigenvalue weighted by molar-refractivity contribution is 7.71. The van der Waals surface area contributed by atoms with Gasteiger partial charge in [-0.2, -0.15) is 0 Å². The maximum Gasteiger partial charge on any atom is 0.410 e. The molecule has 0 aliphatic carbocycles. The third-order valence-corrected chi connectivity index (χ3v) is 4.92. The van der Waals surface area contributed by atoms with E-state index in [2.05, 4.69) is 21.3 Å². The van der Waals surface area contributed by atoms with Crippen molar-refractivity contribution in [2.24, 2.45) is 7.05 Å². The topological polar surface area (TPSA) is 43.8 Å². The van der Waals surface area contributed by atoms with E-state index >= 15 is 0 Å². The molecule has 1 fully saturated rings. The molecule has 6 nitrogen and oxygen atoms in total. The van der Waals surface area contributed by atoms with Crippen molar-refractivity contribution < 1.29 is 14.4 Å². The van der Waals surface area contributed by atoms with E-state index < -0.39 is 0 Å². The van der Waals surface area contributed by atoms with Crippen molar-refractivity contribution in [2.75, 3.05) is 32.8 Å². The average molecular weight is 335 g/mol. The Bertz CT molecular complexity index is 759. The molecule has 124 valence electrons. The van der Waals surface area contributed by atoms with Crippen molar-refractivity contribution in [3.63, 3.8) is 0 Å². The Kier molecular flexibility index (Phi) is 4.68. The fourth-order valence-corrected chi connectivity index (χ4v) is 3.38. The predicted molar refractivity (Wildman–Crippen MR) is 91.0 cm³/mol. The maximum absolute atomic E-state index is 11.8. The van der Waals surface area contributed by atoms with Crippen molar-refractivity contribution in [1.82, 2.24) is 14.0 Å². The first-order chi connectivity index (χ1) is 11.1. The lowest BCUT2D eigenvalue weighted by atomic mass is 10.3. The van der Waals surface area contributed by atoms with Crippen molar-refractivity contribution in [3.8, 4) is 0 Å². The van der Waals surface area contributed by atoms with Crippen LogP contribution in [0.2, 0.25) is 0 Å². The molecule has 1 aromatic heterocycles. The quantitative estimate of drug-likeness (QED) is 0.852. The molecular weight excluding hydrogens is 312 g/mol. The predicted octanol–water partition coefficient (Wildman–Crippen LogP) is 1.02. The summed E-state index contributed by atoms with van der Waals surface area (Å²) in [6, 6.07) is 8.28. The van der Waals surface area contributed by atoms with Gasteiger partial charge in [-0.15, -0.1) is 0 Å². The molecule has 0 radical (unpaired) electrons. The van der Waals surface area contributed by atoms with E-state index in [4.69, 9.17) is 17.0 Å². The minimum atomic E-state index is -0.201. The van der Waals surface area contributed by atoms with Crippen LogP contribution in [0.5, 0.6) is 0 Å². The number of carbonyl (C=O) groups is 1. The SMILES string of the molecule is CCOC(=O)N1CC[NH+](Cn2c(=S)n(C)c3ccccc32)CC1. The molecule has 0 saturated carbocycles. The minimum Gasteiger partial charge on any atom is -0.450 e. The third-order valence-electron chi connectivity index (χ3n) is 4.43. The molecule has 23 heavy (non-hydrogen) atoms. The highest BCUT2D eigenvalue weighted by Crippen LogP contribution is 2.15. The van der Waals surface area contributed by atoms with Crippen LogP contribution in [0.25, 0.3) is 11.0 Å². The van der Waals surface area contributed by atoms with Crippen molar-refractivity contribution in [1.29, 1.82) is 0 Å². The lowest BCUT2D eigenvalue weighted by Gasteiger charge is -2.31. The number of imidazole rings is 1. The highest BCUT2D eigenvalue weighted by Gasteiger charge is 2.25. The van der Waals surface area contributed by atoms with E-state index in [0.717, 1.165) is 43.1 Å². The zero-order chi connectivity index (χ0) is 16.4. The number of carbonyl (C=O) groups excluding carboxylic acids is 1. The lowest BCUT2D eigenvalue weighted by molar-refractivity contribution is -0.926. The van der Waals surface area contributed by atoms with Crippen LogP contribution >= 0.6 is 12.2 Å². The highest BCUT2D eigenvalue weighted by atomic mass is 32.1. The normalized spacial score (nSPS) is 16.0. The molecule has 0 bridgehead atoms. The Morgan fingerprint density at radius 2 is 1.91 bits per heavy atom. The van der Waals surface area contributed by atoms with Gasteiger partial charge in [-0.3, -0.25) is 9.47 Å². The van der Waals surface area contributed by atoms with Crippen LogP contribution in [-0.4, -0.2) is 52.9 Å². The van der Waals surface area contributed by atoms with Gasteiger partial charge in [0.05, 0.1) is 43.8 Å². The molecule has 1 N–H and O–H groups in total. The van der Waals surface area contributed by atoms with Gasteiger partial charge in [-0.25, -0.2) is 4.79 Å². The third kappa shape index (κ3) is 3.11. The first-order valence-electron chi connectivity index (χ1n) is 8.01. The van der Waals surface area contributed by atoms with E-state index in [9.17, 15) is 4.79 Å². The molecular formula is C16H23N4O2S+. The summed E-state index contributed by atoms with van der Waals surface area (Å²) in [5.41, 5.74) is 2.32. The monoisotopic (exact) mass is 335 g/mol. The van der Waals surface area contributed by atoms with Gasteiger partial charge in [-0.1, -0.05) is 12.1 Å². The zero-order valence-electron chi connectivity index (χ0n) is 13.6. The molecule has 0 spiro atoms. The molecule has 0 unspecified atom stereocenters. The van der Waals surface area contributed by atoms with Crippen molar-refractivity contribution in [2.45, 2.75) is 13.6 Å². The zero-order valence-corrected chi connectivity index (χ0v) is 14.4. The number of fused-ring (bicyclic) bond motifs is 1. The van der Waals surface area contributed by atoms with E-state index in [1.54, 1.807) is 4.90 Å². The number of aryl methyl sites for hydroxylation is 1. The first-order valence-corrected chi connectivity index (χ1v) is 8.42. The standard InChI is InChI=1S/C16H22N4O2S/c1-3-22-16(21)19-10-8-18(9-11-19)12-20-14-7-5-4-6-13(14)17(2)15(20)23/h4-7H,3,8-12H2,1-2H3/p+1. The number of aromatic nitrogens is 2. The lowest BCUT2D eigenvalue weighted by Crippen LogP contribution is -3.14. The van der Waals surface area contributed by atoms with Gasteiger partial charge >= 0.3 is 6.09 Å². The van der Waals surface area contributed by atoms with Gasteiger partial charge in [0.1, 0.15) is 0 Å². The Balaban J connectivity index is 1.71. The number of para-hydroxylation sites is 2. The largest absolute Gasteiger partial charge is 0.450 e. The molecule has 1 aliphatic rings. The summed E-state index contributed by atoms with van der Waals surface area (Å²) in [7, 11) is 2.01. The number of piperazine rings is 1. The number of nitrogens with one attached hydrogen (secondary N) is 1. The number of rotatable bonds is 3. The number of quaternary nitrogens is 1. The number of hydrogen-bond donors (Lipinski definition) is 1. The first kappa shape index (κ1) is 16.0. The number of benzene rings is 1. The number of ether oxygens (including phenoxy) is 1. The van der Waals surface area contributed by atoms with E-state index in [-0.39, 0.29) is 6.09 Å². The van der Waals surface area contributed by atoms with Crippen LogP contribution in [0.3, 0.4) is 0 Å². The molecule has 2 heterocycles. The van der Waals surface area contributed by atoms with Gasteiger partial charge in [0, 0.05) is 7.05 Å². The summed E-state index contributed by atoms with van der Waals surface area (Å²) in [5, 5.41) is 0. The van der Waals surface area contributed by atoms with Crippen LogP contribution in [0, 0.1) is 4.77 Å². The fraction of sp³-hybridized carbons (Fsp3) is 0.500. The average Bonchev–Trinajstić information content (AvgIpc) is 2.81. The van der Waals surface area contributed by atoms with Crippen molar-refractivity contribution >= 4 is 29.3 Å². The van der Waals surface area contributed by atoms with E-state index in [0.29, 0.717) is 6.61 Å². The van der Waals surface area contributed by atoms with E-state index in [1.165, 1.54) is 10.4 Å². The second-order valence-electron chi connectivity index (χ2n) is 5.85. The van der Waals surface area contributed by atoms with Crippen LogP contribution in [0.15, 0.2) is 24.3 Å².